The normalized spacial score (nSPS) is 17.4. The number of urea groups is 1. The monoisotopic (exact) mass is 214 g/mol. The second-order valence-electron chi connectivity index (χ2n) is 3.43. The van der Waals surface area contributed by atoms with Crippen molar-refractivity contribution in [1.82, 2.24) is 5.01 Å². The van der Waals surface area contributed by atoms with Gasteiger partial charge in [-0.2, -0.15) is 5.01 Å². The minimum atomic E-state index is -0.601. The lowest BCUT2D eigenvalue weighted by molar-refractivity contribution is -0.908. The van der Waals surface area contributed by atoms with E-state index >= 15 is 0 Å². The first-order valence-electron chi connectivity index (χ1n) is 4.03. The first-order chi connectivity index (χ1) is 6.35. The Kier molecular flexibility index (Phi) is 2.68. The second-order valence-corrected chi connectivity index (χ2v) is 3.95. The molecule has 0 bridgehead atoms. The highest BCUT2D eigenvalue weighted by Gasteiger charge is 2.36. The summed E-state index contributed by atoms with van der Waals surface area (Å²) in [5.41, 5.74) is 5.17. The molecule has 0 saturated carbocycles. The van der Waals surface area contributed by atoms with Crippen LogP contribution in [0.3, 0.4) is 0 Å². The number of primary amides is 1. The fourth-order valence-corrected chi connectivity index (χ4v) is 1.26. The van der Waals surface area contributed by atoms with Gasteiger partial charge in [-0.25, -0.2) is 4.79 Å². The summed E-state index contributed by atoms with van der Waals surface area (Å²) in [5, 5.41) is 1.26. The topological polar surface area (TPSA) is 63.4 Å². The Balaban J connectivity index is 2.99. The Morgan fingerprint density at radius 1 is 1.64 bits per heavy atom. The summed E-state index contributed by atoms with van der Waals surface area (Å²) in [5.74, 6) is -0.221. The fraction of sp³-hybridized carbons (Fsp3) is 0.375. The molecule has 76 valence electrons. The number of nitrogens with two attached hydrogens (primary N) is 1. The van der Waals surface area contributed by atoms with Gasteiger partial charge in [0, 0.05) is 4.86 Å². The molecule has 0 unspecified atom stereocenters. The van der Waals surface area contributed by atoms with Gasteiger partial charge in [-0.05, 0) is 6.08 Å². The number of allylic oxidation sites excluding steroid dienone is 1. The summed E-state index contributed by atoms with van der Waals surface area (Å²) >= 11 is 4.87. The lowest BCUT2D eigenvalue weighted by Crippen LogP contribution is -2.61. The van der Waals surface area contributed by atoms with Crippen molar-refractivity contribution in [3.8, 4) is 0 Å². The van der Waals surface area contributed by atoms with E-state index in [1.807, 2.05) is 0 Å². The standard InChI is InChI=1S/C8H11N3O2S/c1-11(2,8(9)13)10-4-3-6(14)5-7(10)12/h3-4H,5H2,1-2H3,(H-,9,13)/p+1. The van der Waals surface area contributed by atoms with E-state index in [9.17, 15) is 9.59 Å². The maximum Gasteiger partial charge on any atom is 0.438 e. The Morgan fingerprint density at radius 2 is 2.21 bits per heavy atom. The molecule has 6 heteroatoms. The summed E-state index contributed by atoms with van der Waals surface area (Å²) in [6, 6.07) is -0.601. The van der Waals surface area contributed by atoms with Crippen molar-refractivity contribution in [2.75, 3.05) is 14.1 Å². The Morgan fingerprint density at radius 3 is 2.64 bits per heavy atom. The third-order valence-electron chi connectivity index (χ3n) is 2.06. The van der Waals surface area contributed by atoms with Crippen molar-refractivity contribution in [1.29, 1.82) is 0 Å². The minimum Gasteiger partial charge on any atom is -0.317 e. The van der Waals surface area contributed by atoms with Gasteiger partial charge >= 0.3 is 6.03 Å². The molecule has 0 saturated heterocycles. The van der Waals surface area contributed by atoms with Crippen molar-refractivity contribution in [3.05, 3.63) is 12.3 Å². The van der Waals surface area contributed by atoms with Gasteiger partial charge in [0.05, 0.1) is 12.6 Å². The summed E-state index contributed by atoms with van der Waals surface area (Å²) in [6.45, 7) is 0. The molecule has 2 N–H and O–H groups in total. The molecule has 1 heterocycles. The number of amides is 3. The zero-order chi connectivity index (χ0) is 10.9. The van der Waals surface area contributed by atoms with E-state index in [4.69, 9.17) is 18.0 Å². The summed E-state index contributed by atoms with van der Waals surface area (Å²) < 4.78 is -0.321. The third-order valence-corrected chi connectivity index (χ3v) is 2.34. The molecule has 0 radical (unpaired) electrons. The highest BCUT2D eigenvalue weighted by atomic mass is 32.1. The molecule has 0 fully saturated rings. The molecule has 0 spiro atoms. The maximum absolute atomic E-state index is 11.5. The molecule has 3 amide bonds. The van der Waals surface area contributed by atoms with E-state index in [1.54, 1.807) is 20.2 Å². The largest absolute Gasteiger partial charge is 0.438 e. The number of carbonyl (C=O) groups excluding carboxylic acids is 2. The van der Waals surface area contributed by atoms with Crippen LogP contribution in [0.25, 0.3) is 0 Å². The molecule has 0 aromatic carbocycles. The number of hydrogen-bond donors (Lipinski definition) is 1. The van der Waals surface area contributed by atoms with E-state index in [0.29, 0.717) is 4.86 Å². The molecule has 5 nitrogen and oxygen atoms in total. The molecule has 0 aliphatic carbocycles. The number of nitrogens with zero attached hydrogens (tertiary/aromatic N) is 2. The lowest BCUT2D eigenvalue weighted by Gasteiger charge is -2.34. The van der Waals surface area contributed by atoms with Crippen LogP contribution in [0.2, 0.25) is 0 Å². The van der Waals surface area contributed by atoms with Crippen LogP contribution in [-0.2, 0) is 4.79 Å². The van der Waals surface area contributed by atoms with Gasteiger partial charge in [0.2, 0.25) is 0 Å². The molecule has 0 aromatic heterocycles. The molecule has 0 atom stereocenters. The average Bonchev–Trinajstić information content (AvgIpc) is 2.02. The van der Waals surface area contributed by atoms with E-state index in [2.05, 4.69) is 0 Å². The predicted octanol–water partition coefficient (Wildman–Crippen LogP) is 0.172. The fourth-order valence-electron chi connectivity index (χ4n) is 1.08. The predicted molar refractivity (Wildman–Crippen MR) is 54.9 cm³/mol. The van der Waals surface area contributed by atoms with E-state index in [0.717, 1.165) is 0 Å². The highest BCUT2D eigenvalue weighted by Crippen LogP contribution is 2.13. The van der Waals surface area contributed by atoms with Crippen molar-refractivity contribution in [3.63, 3.8) is 0 Å². The van der Waals surface area contributed by atoms with Gasteiger partial charge in [0.15, 0.2) is 0 Å². The molecule has 14 heavy (non-hydrogen) atoms. The maximum atomic E-state index is 11.5. The van der Waals surface area contributed by atoms with E-state index in [-0.39, 0.29) is 16.9 Å². The van der Waals surface area contributed by atoms with Crippen LogP contribution in [0, 0.1) is 0 Å². The van der Waals surface area contributed by atoms with Crippen molar-refractivity contribution in [2.45, 2.75) is 6.42 Å². The van der Waals surface area contributed by atoms with Gasteiger partial charge in [-0.15, -0.1) is 4.59 Å². The van der Waals surface area contributed by atoms with Gasteiger partial charge in [-0.3, -0.25) is 4.79 Å². The number of quaternary nitrogens is 1. The lowest BCUT2D eigenvalue weighted by atomic mass is 10.2. The second kappa shape index (κ2) is 3.47. The molecular formula is C8H12N3O2S+. The van der Waals surface area contributed by atoms with Crippen LogP contribution in [0.4, 0.5) is 4.79 Å². The van der Waals surface area contributed by atoms with Crippen molar-refractivity contribution < 1.29 is 14.2 Å². The Bertz CT molecular complexity index is 335. The third kappa shape index (κ3) is 1.80. The summed E-state index contributed by atoms with van der Waals surface area (Å²) in [6.07, 6.45) is 3.26. The summed E-state index contributed by atoms with van der Waals surface area (Å²) in [7, 11) is 3.08. The average molecular weight is 214 g/mol. The van der Waals surface area contributed by atoms with Gasteiger partial charge < -0.3 is 5.73 Å². The van der Waals surface area contributed by atoms with Crippen LogP contribution in [0.5, 0.6) is 0 Å². The number of hydrogen-bond acceptors (Lipinski definition) is 3. The molecule has 1 rings (SSSR count). The smallest absolute Gasteiger partial charge is 0.317 e. The van der Waals surface area contributed by atoms with E-state index < -0.39 is 6.03 Å². The molecule has 1 aliphatic heterocycles. The van der Waals surface area contributed by atoms with Crippen LogP contribution in [-0.4, -0.2) is 40.5 Å². The highest BCUT2D eigenvalue weighted by molar-refractivity contribution is 7.80. The number of carbonyl (C=O) groups is 2. The summed E-state index contributed by atoms with van der Waals surface area (Å²) in [4.78, 5) is 23.2. The van der Waals surface area contributed by atoms with Crippen LogP contribution in [0.1, 0.15) is 6.42 Å². The SMILES string of the molecule is C[N+](C)(C(N)=O)N1C=CC(=S)CC1=O. The minimum absolute atomic E-state index is 0.154. The van der Waals surface area contributed by atoms with Gasteiger partial charge in [0.1, 0.15) is 14.1 Å². The Labute approximate surface area is 87.3 Å². The quantitative estimate of drug-likeness (QED) is 0.500. The number of rotatable bonds is 1. The van der Waals surface area contributed by atoms with Crippen molar-refractivity contribution in [2.24, 2.45) is 5.73 Å². The van der Waals surface area contributed by atoms with E-state index in [1.165, 1.54) is 11.2 Å². The van der Waals surface area contributed by atoms with Crippen LogP contribution >= 0.6 is 12.2 Å². The first-order valence-corrected chi connectivity index (χ1v) is 4.44. The molecule has 0 aromatic rings. The Hall–Kier alpha value is -1.27. The zero-order valence-corrected chi connectivity index (χ0v) is 8.87. The van der Waals surface area contributed by atoms with Gasteiger partial charge in [0.25, 0.3) is 5.91 Å². The van der Waals surface area contributed by atoms with Crippen LogP contribution in [0.15, 0.2) is 12.3 Å². The number of thiocarbonyl (C=S) groups is 1. The molecule has 1 aliphatic rings. The van der Waals surface area contributed by atoms with Crippen LogP contribution < -0.4 is 5.73 Å². The van der Waals surface area contributed by atoms with Gasteiger partial charge in [-0.1, -0.05) is 12.2 Å². The first kappa shape index (κ1) is 10.8. The molecular weight excluding hydrogens is 202 g/mol. The van der Waals surface area contributed by atoms with Crippen molar-refractivity contribution >= 4 is 29.0 Å². The zero-order valence-electron chi connectivity index (χ0n) is 8.06.